The van der Waals surface area contributed by atoms with Crippen LogP contribution in [0.1, 0.15) is 125 Å². The first-order valence-electron chi connectivity index (χ1n) is 26.3. The number of ether oxygens (including phenoxy) is 6. The van der Waals surface area contributed by atoms with Gasteiger partial charge in [-0.3, -0.25) is 4.79 Å². The molecule has 0 bridgehead atoms. The SMILES string of the molecule is C=C(C)[C@@H](OC(=O)[C@H](C)[C@@H](C1C[C@@](C)(OC)[C@@H](O)[C@H](C)O1)[C@H](C)[C@@H](O[C@H]1C[C@@H](N(C)CCc2cn([C@H](CF)[C@H](OCF)c3ccc(S(C)(=O)=O)cc3)nn2)C[C@@H](C)O1)[C@](C)(O)C[C@@H](C)CNC)[C@@](C)(O)[C@H](O)C(C)C. The van der Waals surface area contributed by atoms with Gasteiger partial charge in [0.05, 0.1) is 58.2 Å². The van der Waals surface area contributed by atoms with Crippen LogP contribution in [-0.4, -0.2) is 181 Å². The average Bonchev–Trinajstić information content (AvgIpc) is 3.80. The molecule has 2 fully saturated rings. The number of aliphatic hydroxyl groups excluding tert-OH is 2. The van der Waals surface area contributed by atoms with Crippen LogP contribution in [-0.2, 0) is 49.5 Å². The van der Waals surface area contributed by atoms with Gasteiger partial charge in [0, 0.05) is 57.3 Å². The van der Waals surface area contributed by atoms with Crippen molar-refractivity contribution in [1.29, 1.82) is 0 Å². The first-order valence-corrected chi connectivity index (χ1v) is 28.2. The maximum absolute atomic E-state index is 14.8. The summed E-state index contributed by atoms with van der Waals surface area (Å²) in [5.41, 5.74) is -3.25. The van der Waals surface area contributed by atoms with Crippen LogP contribution in [0.5, 0.6) is 0 Å². The third-order valence-corrected chi connectivity index (χ3v) is 16.9. The molecule has 21 heteroatoms. The van der Waals surface area contributed by atoms with Crippen LogP contribution >= 0.6 is 0 Å². The van der Waals surface area contributed by atoms with E-state index in [-0.39, 0.29) is 35.3 Å². The van der Waals surface area contributed by atoms with Crippen molar-refractivity contribution >= 4 is 15.8 Å². The molecule has 2 aliphatic heterocycles. The van der Waals surface area contributed by atoms with E-state index in [4.69, 9.17) is 28.4 Å². The van der Waals surface area contributed by atoms with Crippen molar-refractivity contribution in [1.82, 2.24) is 25.2 Å². The molecule has 2 aliphatic rings. The van der Waals surface area contributed by atoms with E-state index in [9.17, 15) is 42.4 Å². The van der Waals surface area contributed by atoms with Gasteiger partial charge in [-0.1, -0.05) is 58.5 Å². The minimum atomic E-state index is -3.50. The Labute approximate surface area is 445 Å². The maximum Gasteiger partial charge on any atom is 0.309 e. The molecule has 0 amide bonds. The van der Waals surface area contributed by atoms with E-state index >= 15 is 0 Å². The highest BCUT2D eigenvalue weighted by Crippen LogP contribution is 2.45. The number of aliphatic hydroxyl groups is 4. The van der Waals surface area contributed by atoms with E-state index in [1.54, 1.807) is 54.7 Å². The van der Waals surface area contributed by atoms with Gasteiger partial charge >= 0.3 is 5.97 Å². The molecular formula is C54H91F2N5O13S. The highest BCUT2D eigenvalue weighted by atomic mass is 32.2. The van der Waals surface area contributed by atoms with Crippen molar-refractivity contribution in [2.24, 2.45) is 29.6 Å². The van der Waals surface area contributed by atoms with Crippen LogP contribution in [0.15, 0.2) is 47.5 Å². The minimum absolute atomic E-state index is 0.0215. The number of carbonyl (C=O) groups is 1. The fraction of sp³-hybridized carbons (Fsp3) is 0.796. The second kappa shape index (κ2) is 27.2. The van der Waals surface area contributed by atoms with Gasteiger partial charge in [0.15, 0.2) is 29.1 Å². The summed E-state index contributed by atoms with van der Waals surface area (Å²) in [5.74, 6) is -3.50. The molecule has 18 atom stereocenters. The summed E-state index contributed by atoms with van der Waals surface area (Å²) in [7, 11) is 1.82. The monoisotopic (exact) mass is 1090 g/mol. The Bertz CT molecular complexity index is 2220. The second-order valence-corrected chi connectivity index (χ2v) is 24.8. The lowest BCUT2D eigenvalue weighted by Crippen LogP contribution is -2.61. The van der Waals surface area contributed by atoms with E-state index in [0.29, 0.717) is 55.6 Å². The number of aromatic nitrogens is 3. The quantitative estimate of drug-likeness (QED) is 0.0485. The number of alkyl halides is 2. The molecule has 2 saturated heterocycles. The average molecular weight is 1090 g/mol. The fourth-order valence-electron chi connectivity index (χ4n) is 11.6. The lowest BCUT2D eigenvalue weighted by molar-refractivity contribution is -0.275. The number of rotatable bonds is 29. The Hall–Kier alpha value is -3.06. The number of halogens is 2. The predicted molar refractivity (Wildman–Crippen MR) is 280 cm³/mol. The van der Waals surface area contributed by atoms with Crippen LogP contribution < -0.4 is 5.32 Å². The first kappa shape index (κ1) is 64.5. The minimum Gasteiger partial charge on any atom is -0.454 e. The molecule has 430 valence electrons. The Morgan fingerprint density at radius 1 is 1.09 bits per heavy atom. The van der Waals surface area contributed by atoms with Crippen molar-refractivity contribution < 1.29 is 70.8 Å². The number of likely N-dealkylation sites (N-methyl/N-ethyl adjacent to an activating group) is 1. The Morgan fingerprint density at radius 3 is 2.28 bits per heavy atom. The fourth-order valence-corrected chi connectivity index (χ4v) is 12.2. The van der Waals surface area contributed by atoms with Gasteiger partial charge in [0.2, 0.25) is 0 Å². The summed E-state index contributed by atoms with van der Waals surface area (Å²) in [6.45, 7) is 22.3. The highest BCUT2D eigenvalue weighted by Gasteiger charge is 2.54. The maximum atomic E-state index is 14.8. The van der Waals surface area contributed by atoms with E-state index in [1.807, 2.05) is 34.9 Å². The summed E-state index contributed by atoms with van der Waals surface area (Å²) >= 11 is 0. The van der Waals surface area contributed by atoms with Crippen LogP contribution in [0.3, 0.4) is 0 Å². The number of benzene rings is 1. The van der Waals surface area contributed by atoms with Gasteiger partial charge in [-0.05, 0) is 116 Å². The van der Waals surface area contributed by atoms with Gasteiger partial charge in [0.1, 0.15) is 30.5 Å². The third-order valence-electron chi connectivity index (χ3n) is 15.7. The van der Waals surface area contributed by atoms with Crippen molar-refractivity contribution in [3.63, 3.8) is 0 Å². The predicted octanol–water partition coefficient (Wildman–Crippen LogP) is 5.71. The normalized spacial score (nSPS) is 28.0. The van der Waals surface area contributed by atoms with E-state index in [2.05, 4.69) is 27.1 Å². The zero-order chi connectivity index (χ0) is 56.5. The summed E-state index contributed by atoms with van der Waals surface area (Å²) in [6.07, 6.45) is -3.68. The van der Waals surface area contributed by atoms with E-state index in [0.717, 1.165) is 6.26 Å². The van der Waals surface area contributed by atoms with Crippen LogP contribution in [0, 0.1) is 29.6 Å². The zero-order valence-electron chi connectivity index (χ0n) is 47.1. The van der Waals surface area contributed by atoms with Crippen molar-refractivity contribution in [3.05, 3.63) is 53.9 Å². The summed E-state index contributed by atoms with van der Waals surface area (Å²) in [4.78, 5) is 16.9. The van der Waals surface area contributed by atoms with Gasteiger partial charge in [-0.15, -0.1) is 5.10 Å². The molecule has 0 spiro atoms. The lowest BCUT2D eigenvalue weighted by Gasteiger charge is -2.51. The van der Waals surface area contributed by atoms with Crippen molar-refractivity contribution in [2.45, 2.75) is 197 Å². The molecule has 2 aromatic rings. The van der Waals surface area contributed by atoms with Crippen LogP contribution in [0.4, 0.5) is 8.78 Å². The van der Waals surface area contributed by atoms with Crippen molar-refractivity contribution in [2.75, 3.05) is 54.1 Å². The molecule has 75 heavy (non-hydrogen) atoms. The summed E-state index contributed by atoms with van der Waals surface area (Å²) < 4.78 is 91.6. The number of nitrogens with zero attached hydrogens (tertiary/aromatic N) is 4. The molecule has 1 aromatic carbocycles. The molecule has 0 radical (unpaired) electrons. The number of methoxy groups -OCH3 is 1. The molecule has 5 N–H and O–H groups in total. The topological polar surface area (TPSA) is 233 Å². The largest absolute Gasteiger partial charge is 0.454 e. The highest BCUT2D eigenvalue weighted by molar-refractivity contribution is 7.90. The molecule has 3 heterocycles. The number of sulfone groups is 1. The lowest BCUT2D eigenvalue weighted by atomic mass is 9.68. The number of nitrogens with one attached hydrogen (secondary N) is 1. The Balaban J connectivity index is 1.66. The number of esters is 1. The smallest absolute Gasteiger partial charge is 0.309 e. The third kappa shape index (κ3) is 16.3. The molecule has 0 aliphatic carbocycles. The second-order valence-electron chi connectivity index (χ2n) is 22.8. The molecule has 1 unspecified atom stereocenters. The van der Waals surface area contributed by atoms with Crippen LogP contribution in [0.25, 0.3) is 0 Å². The van der Waals surface area contributed by atoms with E-state index in [1.165, 1.54) is 43.0 Å². The zero-order valence-corrected chi connectivity index (χ0v) is 47.9. The Kier molecular flexibility index (Phi) is 23.4. The van der Waals surface area contributed by atoms with Gasteiger partial charge in [-0.2, -0.15) is 0 Å². The number of hydrogen-bond donors (Lipinski definition) is 5. The summed E-state index contributed by atoms with van der Waals surface area (Å²) in [5, 5.41) is 58.6. The van der Waals surface area contributed by atoms with Gasteiger partial charge in [-0.25, -0.2) is 21.9 Å². The standard InChI is InChI=1S/C54H91F2N5O13S/c1-31(2)47(62)54(12,66)49(32(3)4)74-51(64)36(8)45(43-26-53(11,69-15)48(63)37(9)72-43)35(7)50(52(10,65)25-33(5)28-57-13)73-44-24-40(23-34(6)71-44)60(14)22-21-39-29-61(59-58-39)42(27-55)46(70-30-56)38-17-19-41(20-18-38)75(16,67)68/h17-20,29,31,33-37,40,42-50,57,62-63,65-66H,3,21-28,30H2,1-2,4-16H3/t33-,34-,35+,36-,37+,40+,42-,43?,44+,45+,46-,47-,48+,49-,50-,52-,53-,54+/m1/s1. The number of carbonyl (C=O) groups excluding carboxylic acids is 1. The number of hydrogen-bond acceptors (Lipinski definition) is 17. The van der Waals surface area contributed by atoms with E-state index < -0.39 is 119 Å². The molecular weight excluding hydrogens is 997 g/mol. The first-order chi connectivity index (χ1) is 34.9. The summed E-state index contributed by atoms with van der Waals surface area (Å²) in [6, 6.07) is 4.47. The molecule has 1 aromatic heterocycles. The molecule has 18 nitrogen and oxygen atoms in total. The van der Waals surface area contributed by atoms with Crippen LogP contribution in [0.2, 0.25) is 0 Å². The molecule has 0 saturated carbocycles. The van der Waals surface area contributed by atoms with Crippen molar-refractivity contribution in [3.8, 4) is 0 Å². The molecule has 4 rings (SSSR count). The Morgan fingerprint density at radius 2 is 1.73 bits per heavy atom. The van der Waals surface area contributed by atoms with Gasteiger partial charge in [0.25, 0.3) is 0 Å². The van der Waals surface area contributed by atoms with Gasteiger partial charge < -0.3 is 59.1 Å².